The van der Waals surface area contributed by atoms with E-state index in [2.05, 4.69) is 17.0 Å². The molecule has 0 spiro atoms. The van der Waals surface area contributed by atoms with Crippen molar-refractivity contribution in [1.29, 1.82) is 0 Å². The highest BCUT2D eigenvalue weighted by Crippen LogP contribution is 2.19. The van der Waals surface area contributed by atoms with Crippen LogP contribution in [0.4, 0.5) is 0 Å². The lowest BCUT2D eigenvalue weighted by molar-refractivity contribution is 0.439. The molecule has 1 rings (SSSR count). The highest BCUT2D eigenvalue weighted by Gasteiger charge is 2.26. The van der Waals surface area contributed by atoms with Gasteiger partial charge in [-0.25, -0.2) is 13.1 Å². The molecule has 1 aromatic rings. The Labute approximate surface area is 129 Å². The van der Waals surface area contributed by atoms with Crippen molar-refractivity contribution in [3.05, 3.63) is 18.0 Å². The average molecular weight is 315 g/mol. The lowest BCUT2D eigenvalue weighted by Crippen LogP contribution is -2.42. The molecule has 0 unspecified atom stereocenters. The minimum absolute atomic E-state index is 0.352. The lowest BCUT2D eigenvalue weighted by Gasteiger charge is -2.23. The molecule has 0 aliphatic heterocycles. The fourth-order valence-electron chi connectivity index (χ4n) is 2.02. The number of nitrogens with one attached hydrogen (secondary N) is 2. The van der Waals surface area contributed by atoms with E-state index in [4.69, 9.17) is 0 Å². The first-order valence-electron chi connectivity index (χ1n) is 7.69. The SMILES string of the molecule is CCCn1cc(S(=O)(=O)NC(C)(C)CC)cc1CNCC. The zero-order valence-corrected chi connectivity index (χ0v) is 14.7. The summed E-state index contributed by atoms with van der Waals surface area (Å²) in [6.07, 6.45) is 3.46. The summed E-state index contributed by atoms with van der Waals surface area (Å²) < 4.78 is 29.8. The van der Waals surface area contributed by atoms with E-state index in [1.807, 2.05) is 32.3 Å². The first-order valence-corrected chi connectivity index (χ1v) is 9.17. The molecule has 0 saturated carbocycles. The molecule has 0 radical (unpaired) electrons. The van der Waals surface area contributed by atoms with Gasteiger partial charge in [0.1, 0.15) is 0 Å². The van der Waals surface area contributed by atoms with E-state index in [-0.39, 0.29) is 0 Å². The molecule has 0 atom stereocenters. The van der Waals surface area contributed by atoms with E-state index < -0.39 is 15.6 Å². The fourth-order valence-corrected chi connectivity index (χ4v) is 3.56. The standard InChI is InChI=1S/C15H29N3O2S/c1-6-9-18-12-14(10-13(18)11-16-8-3)21(19,20)17-15(4,5)7-2/h10,12,16-17H,6-9,11H2,1-5H3. The highest BCUT2D eigenvalue weighted by atomic mass is 32.2. The number of hydrogen-bond acceptors (Lipinski definition) is 3. The second-order valence-corrected chi connectivity index (χ2v) is 7.67. The van der Waals surface area contributed by atoms with E-state index >= 15 is 0 Å². The van der Waals surface area contributed by atoms with Crippen LogP contribution in [0.2, 0.25) is 0 Å². The summed E-state index contributed by atoms with van der Waals surface area (Å²) in [5.74, 6) is 0. The summed E-state index contributed by atoms with van der Waals surface area (Å²) in [4.78, 5) is 0.352. The van der Waals surface area contributed by atoms with Crippen LogP contribution < -0.4 is 10.0 Å². The Morgan fingerprint density at radius 1 is 1.24 bits per heavy atom. The fraction of sp³-hybridized carbons (Fsp3) is 0.733. The molecule has 0 bridgehead atoms. The number of sulfonamides is 1. The van der Waals surface area contributed by atoms with Gasteiger partial charge in [0.15, 0.2) is 0 Å². The molecule has 0 aromatic carbocycles. The van der Waals surface area contributed by atoms with Gasteiger partial charge in [-0.2, -0.15) is 0 Å². The van der Waals surface area contributed by atoms with Crippen molar-refractivity contribution in [3.63, 3.8) is 0 Å². The van der Waals surface area contributed by atoms with Gasteiger partial charge in [-0.1, -0.05) is 20.8 Å². The number of aryl methyl sites for hydroxylation is 1. The molecule has 5 nitrogen and oxygen atoms in total. The maximum atomic E-state index is 12.5. The molecule has 0 aliphatic carbocycles. The molecule has 1 heterocycles. The molecule has 21 heavy (non-hydrogen) atoms. The minimum atomic E-state index is -3.47. The summed E-state index contributed by atoms with van der Waals surface area (Å²) in [5.41, 5.74) is 0.571. The average Bonchev–Trinajstić information content (AvgIpc) is 2.80. The van der Waals surface area contributed by atoms with Crippen LogP contribution in [-0.4, -0.2) is 25.1 Å². The normalized spacial score (nSPS) is 12.8. The summed E-state index contributed by atoms with van der Waals surface area (Å²) >= 11 is 0. The van der Waals surface area contributed by atoms with Gasteiger partial charge < -0.3 is 9.88 Å². The van der Waals surface area contributed by atoms with Crippen LogP contribution in [0.1, 0.15) is 53.2 Å². The van der Waals surface area contributed by atoms with Crippen molar-refractivity contribution in [2.24, 2.45) is 0 Å². The molecule has 6 heteroatoms. The second-order valence-electron chi connectivity index (χ2n) is 5.98. The molecular weight excluding hydrogens is 286 g/mol. The molecule has 1 aromatic heterocycles. The van der Waals surface area contributed by atoms with Gasteiger partial charge >= 0.3 is 0 Å². The molecule has 2 N–H and O–H groups in total. The second kappa shape index (κ2) is 7.42. The Balaban J connectivity index is 3.06. The summed E-state index contributed by atoms with van der Waals surface area (Å²) in [6.45, 7) is 12.3. The van der Waals surface area contributed by atoms with Gasteiger partial charge in [-0.15, -0.1) is 0 Å². The number of aromatic nitrogens is 1. The Hall–Kier alpha value is -0.850. The molecule has 0 amide bonds. The van der Waals surface area contributed by atoms with E-state index in [1.165, 1.54) is 0 Å². The summed E-state index contributed by atoms with van der Waals surface area (Å²) in [6, 6.07) is 1.77. The maximum absolute atomic E-state index is 12.5. The van der Waals surface area contributed by atoms with Gasteiger partial charge in [-0.3, -0.25) is 0 Å². The van der Waals surface area contributed by atoms with E-state index in [1.54, 1.807) is 12.3 Å². The molecule has 0 fully saturated rings. The van der Waals surface area contributed by atoms with Crippen LogP contribution in [0, 0.1) is 0 Å². The number of nitrogens with zero attached hydrogens (tertiary/aromatic N) is 1. The smallest absolute Gasteiger partial charge is 0.242 e. The molecule has 0 aliphatic rings. The Bertz CT molecular complexity index is 547. The van der Waals surface area contributed by atoms with Crippen molar-refractivity contribution in [2.45, 2.75) is 71.0 Å². The van der Waals surface area contributed by atoms with Crippen LogP contribution in [-0.2, 0) is 23.1 Å². The van der Waals surface area contributed by atoms with Crippen LogP contribution in [0.3, 0.4) is 0 Å². The van der Waals surface area contributed by atoms with Gasteiger partial charge in [0.2, 0.25) is 10.0 Å². The highest BCUT2D eigenvalue weighted by molar-refractivity contribution is 7.89. The first-order chi connectivity index (χ1) is 9.75. The third-order valence-corrected chi connectivity index (χ3v) is 5.25. The zero-order chi connectivity index (χ0) is 16.1. The predicted molar refractivity (Wildman–Crippen MR) is 86.8 cm³/mol. The van der Waals surface area contributed by atoms with Gasteiger partial charge in [0, 0.05) is 30.5 Å². The topological polar surface area (TPSA) is 63.1 Å². The third kappa shape index (κ3) is 5.13. The van der Waals surface area contributed by atoms with Crippen LogP contribution in [0.5, 0.6) is 0 Å². The summed E-state index contributed by atoms with van der Waals surface area (Å²) in [5, 5.41) is 3.25. The zero-order valence-electron chi connectivity index (χ0n) is 13.9. The molecule has 122 valence electrons. The molecular formula is C15H29N3O2S. The monoisotopic (exact) mass is 315 g/mol. The van der Waals surface area contributed by atoms with Gasteiger partial charge in [0.25, 0.3) is 0 Å². The lowest BCUT2D eigenvalue weighted by atomic mass is 10.0. The summed E-state index contributed by atoms with van der Waals surface area (Å²) in [7, 11) is -3.47. The third-order valence-electron chi connectivity index (χ3n) is 3.59. The van der Waals surface area contributed by atoms with Crippen molar-refractivity contribution >= 4 is 10.0 Å². The maximum Gasteiger partial charge on any atom is 0.242 e. The predicted octanol–water partition coefficient (Wildman–Crippen LogP) is 2.47. The Morgan fingerprint density at radius 3 is 2.43 bits per heavy atom. The van der Waals surface area contributed by atoms with E-state index in [0.717, 1.165) is 31.6 Å². The van der Waals surface area contributed by atoms with E-state index in [9.17, 15) is 8.42 Å². The van der Waals surface area contributed by atoms with Gasteiger partial charge in [0.05, 0.1) is 4.90 Å². The van der Waals surface area contributed by atoms with Crippen LogP contribution in [0.25, 0.3) is 0 Å². The largest absolute Gasteiger partial charge is 0.349 e. The Kier molecular flexibility index (Phi) is 6.43. The quantitative estimate of drug-likeness (QED) is 0.736. The van der Waals surface area contributed by atoms with Crippen LogP contribution >= 0.6 is 0 Å². The van der Waals surface area contributed by atoms with Crippen LogP contribution in [0.15, 0.2) is 17.2 Å². The minimum Gasteiger partial charge on any atom is -0.349 e. The van der Waals surface area contributed by atoms with Crippen molar-refractivity contribution < 1.29 is 8.42 Å². The number of hydrogen-bond donors (Lipinski definition) is 2. The van der Waals surface area contributed by atoms with Gasteiger partial charge in [-0.05, 0) is 39.3 Å². The van der Waals surface area contributed by atoms with Crippen molar-refractivity contribution in [1.82, 2.24) is 14.6 Å². The van der Waals surface area contributed by atoms with Crippen molar-refractivity contribution in [3.8, 4) is 0 Å². The Morgan fingerprint density at radius 2 is 1.90 bits per heavy atom. The number of rotatable bonds is 9. The molecule has 0 saturated heterocycles. The first kappa shape index (κ1) is 18.2. The van der Waals surface area contributed by atoms with Crippen molar-refractivity contribution in [2.75, 3.05) is 6.54 Å². The van der Waals surface area contributed by atoms with E-state index in [0.29, 0.717) is 11.4 Å².